The van der Waals surface area contributed by atoms with E-state index in [9.17, 15) is 13.6 Å². The fraction of sp³-hybridized carbons (Fsp3) is 0.889. The van der Waals surface area contributed by atoms with Gasteiger partial charge in [0, 0.05) is 0 Å². The molecule has 0 bridgehead atoms. The van der Waals surface area contributed by atoms with Gasteiger partial charge in [-0.15, -0.1) is 0 Å². The molecule has 0 aromatic rings. The van der Waals surface area contributed by atoms with Gasteiger partial charge in [0.15, 0.2) is 0 Å². The minimum atomic E-state index is -2.68. The average molecular weight is 352 g/mol. The van der Waals surface area contributed by atoms with Gasteiger partial charge in [0.2, 0.25) is 0 Å². The molecule has 0 N–H and O–H groups in total. The molecule has 0 fully saturated rings. The molecular formula is C9H15BrF2O2Se. The molecule has 0 spiro atoms. The number of hydrogen-bond donors (Lipinski definition) is 0. The molecule has 0 saturated heterocycles. The van der Waals surface area contributed by atoms with Crippen LogP contribution < -0.4 is 0 Å². The predicted molar refractivity (Wildman–Crippen MR) is 59.5 cm³/mol. The number of rotatable bonds is 8. The van der Waals surface area contributed by atoms with Gasteiger partial charge in [-0.3, -0.25) is 0 Å². The van der Waals surface area contributed by atoms with Crippen LogP contribution in [0.1, 0.15) is 32.6 Å². The molecule has 15 heavy (non-hydrogen) atoms. The van der Waals surface area contributed by atoms with Crippen molar-refractivity contribution >= 4 is 36.9 Å². The van der Waals surface area contributed by atoms with E-state index in [1.54, 1.807) is 6.92 Å². The summed E-state index contributed by atoms with van der Waals surface area (Å²) >= 11 is 1.63. The monoisotopic (exact) mass is 352 g/mol. The van der Waals surface area contributed by atoms with Gasteiger partial charge >= 0.3 is 103 Å². The van der Waals surface area contributed by atoms with Crippen LogP contribution >= 0.6 is 15.9 Å². The van der Waals surface area contributed by atoms with E-state index in [4.69, 9.17) is 4.74 Å². The quantitative estimate of drug-likeness (QED) is 0.290. The van der Waals surface area contributed by atoms with Gasteiger partial charge in [-0.2, -0.15) is 0 Å². The van der Waals surface area contributed by atoms with Crippen molar-refractivity contribution in [3.8, 4) is 0 Å². The van der Waals surface area contributed by atoms with Crippen LogP contribution in [0.2, 0.25) is 5.32 Å². The zero-order valence-corrected chi connectivity index (χ0v) is 11.9. The SMILES string of the molecule is CCOC(=O)CCCCC[Se]C(F)(F)Br. The molecule has 90 valence electrons. The molecule has 0 unspecified atom stereocenters. The van der Waals surface area contributed by atoms with Crippen molar-refractivity contribution in [2.45, 2.75) is 41.7 Å². The molecular weight excluding hydrogens is 337 g/mol. The van der Waals surface area contributed by atoms with Gasteiger partial charge in [0.05, 0.1) is 0 Å². The Kier molecular flexibility index (Phi) is 8.66. The molecule has 0 atom stereocenters. The van der Waals surface area contributed by atoms with Crippen molar-refractivity contribution in [2.24, 2.45) is 0 Å². The summed E-state index contributed by atoms with van der Waals surface area (Å²) in [5.41, 5.74) is 0. The molecule has 0 rings (SSSR count). The Hall–Kier alpha value is 0.329. The van der Waals surface area contributed by atoms with Gasteiger partial charge < -0.3 is 0 Å². The zero-order chi connectivity index (χ0) is 11.7. The fourth-order valence-electron chi connectivity index (χ4n) is 0.969. The number of hydrogen-bond acceptors (Lipinski definition) is 2. The van der Waals surface area contributed by atoms with E-state index < -0.39 is 18.7 Å². The van der Waals surface area contributed by atoms with Crippen molar-refractivity contribution < 1.29 is 18.3 Å². The molecule has 0 saturated carbocycles. The number of esters is 1. The van der Waals surface area contributed by atoms with Crippen molar-refractivity contribution in [3.05, 3.63) is 0 Å². The van der Waals surface area contributed by atoms with Crippen LogP contribution in [0.15, 0.2) is 0 Å². The van der Waals surface area contributed by atoms with Crippen LogP contribution in [0, 0.1) is 0 Å². The number of ether oxygens (including phenoxy) is 1. The maximum absolute atomic E-state index is 12.3. The van der Waals surface area contributed by atoms with Gasteiger partial charge in [-0.1, -0.05) is 0 Å². The molecule has 0 aromatic heterocycles. The second-order valence-corrected chi connectivity index (χ2v) is 7.62. The number of carbonyl (C=O) groups is 1. The number of unbranched alkanes of at least 4 members (excludes halogenated alkanes) is 2. The van der Waals surface area contributed by atoms with Gasteiger partial charge in [-0.05, 0) is 0 Å². The molecule has 0 aromatic carbocycles. The second-order valence-electron chi connectivity index (χ2n) is 2.91. The Labute approximate surface area is 103 Å². The molecule has 0 heterocycles. The van der Waals surface area contributed by atoms with Crippen LogP contribution in [-0.4, -0.2) is 31.3 Å². The van der Waals surface area contributed by atoms with Crippen LogP contribution in [0.3, 0.4) is 0 Å². The van der Waals surface area contributed by atoms with E-state index in [1.165, 1.54) is 0 Å². The summed E-state index contributed by atoms with van der Waals surface area (Å²) in [6.07, 6.45) is 2.68. The summed E-state index contributed by atoms with van der Waals surface area (Å²) in [6, 6.07) is 0. The zero-order valence-electron chi connectivity index (χ0n) is 8.60. The third-order valence-corrected chi connectivity index (χ3v) is 4.51. The van der Waals surface area contributed by atoms with Gasteiger partial charge in [0.25, 0.3) is 0 Å². The fourth-order valence-corrected chi connectivity index (χ4v) is 3.03. The number of halogens is 3. The van der Waals surface area contributed by atoms with E-state index in [2.05, 4.69) is 15.9 Å². The molecule has 6 heteroatoms. The first-order valence-corrected chi connectivity index (χ1v) is 7.68. The summed E-state index contributed by atoms with van der Waals surface area (Å²) in [5.74, 6) is -0.200. The van der Waals surface area contributed by atoms with E-state index in [1.807, 2.05) is 0 Å². The topological polar surface area (TPSA) is 26.3 Å². The van der Waals surface area contributed by atoms with E-state index in [0.717, 1.165) is 19.3 Å². The van der Waals surface area contributed by atoms with E-state index >= 15 is 0 Å². The first-order chi connectivity index (χ1) is 6.95. The normalized spacial score (nSPS) is 11.5. The Morgan fingerprint density at radius 1 is 1.40 bits per heavy atom. The number of alkyl halides is 3. The first-order valence-electron chi connectivity index (χ1n) is 4.82. The standard InChI is InChI=1S/C9H15BrF2O2Se/c1-2-14-8(13)6-4-3-5-7-15-9(10,11)12/h2-7H2,1H3. The maximum atomic E-state index is 12.3. The van der Waals surface area contributed by atoms with Crippen molar-refractivity contribution in [1.29, 1.82) is 0 Å². The summed E-state index contributed by atoms with van der Waals surface area (Å²) in [7, 11) is 0. The summed E-state index contributed by atoms with van der Waals surface area (Å²) in [5, 5.41) is 0.536. The molecule has 0 aliphatic heterocycles. The van der Waals surface area contributed by atoms with Gasteiger partial charge in [-0.25, -0.2) is 0 Å². The van der Waals surface area contributed by atoms with Gasteiger partial charge in [0.1, 0.15) is 0 Å². The van der Waals surface area contributed by atoms with Crippen molar-refractivity contribution in [3.63, 3.8) is 0 Å². The predicted octanol–water partition coefficient (Wildman–Crippen LogP) is 3.18. The first kappa shape index (κ1) is 15.3. The second kappa shape index (κ2) is 8.48. The third kappa shape index (κ3) is 12.3. The summed E-state index contributed by atoms with van der Waals surface area (Å²) in [4.78, 5) is 10.9. The summed E-state index contributed by atoms with van der Waals surface area (Å²) < 4.78 is 26.7. The Morgan fingerprint density at radius 2 is 2.07 bits per heavy atom. The third-order valence-electron chi connectivity index (χ3n) is 1.60. The molecule has 0 radical (unpaired) electrons. The van der Waals surface area contributed by atoms with Crippen molar-refractivity contribution in [1.82, 2.24) is 0 Å². The number of carbonyl (C=O) groups excluding carboxylic acids is 1. The van der Waals surface area contributed by atoms with E-state index in [-0.39, 0.29) is 5.97 Å². The molecule has 2 nitrogen and oxygen atoms in total. The minimum absolute atomic E-state index is 0.200. The molecule has 0 amide bonds. The van der Waals surface area contributed by atoms with Crippen molar-refractivity contribution in [2.75, 3.05) is 6.61 Å². The van der Waals surface area contributed by atoms with E-state index in [0.29, 0.717) is 18.3 Å². The van der Waals surface area contributed by atoms with Crippen LogP contribution in [0.25, 0.3) is 0 Å². The average Bonchev–Trinajstić information content (AvgIpc) is 2.09. The Balaban J connectivity index is 3.22. The molecule has 0 aliphatic rings. The molecule has 0 aliphatic carbocycles. The van der Waals surface area contributed by atoms with Crippen LogP contribution in [0.5, 0.6) is 0 Å². The van der Waals surface area contributed by atoms with Crippen LogP contribution in [0.4, 0.5) is 8.78 Å². The van der Waals surface area contributed by atoms with Crippen LogP contribution in [-0.2, 0) is 9.53 Å². The summed E-state index contributed by atoms with van der Waals surface area (Å²) in [6.45, 7) is 2.16. The Morgan fingerprint density at radius 3 is 2.60 bits per heavy atom. The Bertz CT molecular complexity index is 185.